The van der Waals surface area contributed by atoms with Gasteiger partial charge < -0.3 is 16.8 Å². The summed E-state index contributed by atoms with van der Waals surface area (Å²) < 4.78 is 0. The zero-order valence-electron chi connectivity index (χ0n) is 13.1. The van der Waals surface area contributed by atoms with Gasteiger partial charge in [-0.3, -0.25) is 10.7 Å². The minimum absolute atomic E-state index is 0.147. The van der Waals surface area contributed by atoms with Gasteiger partial charge >= 0.3 is 6.03 Å². The number of pyridine rings is 1. The number of urea groups is 1. The fraction of sp³-hybridized carbons (Fsp3) is 0.188. The van der Waals surface area contributed by atoms with E-state index in [2.05, 4.69) is 15.6 Å². The van der Waals surface area contributed by atoms with Crippen molar-refractivity contribution in [1.29, 1.82) is 5.41 Å². The summed E-state index contributed by atoms with van der Waals surface area (Å²) in [5, 5.41) is 12.9. The first-order valence-corrected chi connectivity index (χ1v) is 7.12. The third-order valence-corrected chi connectivity index (χ3v) is 3.39. The van der Waals surface area contributed by atoms with Crippen LogP contribution < -0.4 is 22.1 Å². The molecule has 0 saturated carbocycles. The van der Waals surface area contributed by atoms with Crippen molar-refractivity contribution in [2.24, 2.45) is 5.73 Å². The van der Waals surface area contributed by atoms with E-state index < -0.39 is 0 Å². The molecule has 7 N–H and O–H groups in total. The molecule has 1 aromatic carbocycles. The van der Waals surface area contributed by atoms with E-state index in [1.807, 2.05) is 37.3 Å². The van der Waals surface area contributed by atoms with E-state index in [1.165, 1.54) is 6.07 Å². The Morgan fingerprint density at radius 1 is 1.30 bits per heavy atom. The van der Waals surface area contributed by atoms with Gasteiger partial charge in [0.15, 0.2) is 0 Å². The van der Waals surface area contributed by atoms with Gasteiger partial charge in [0.05, 0.1) is 17.3 Å². The standard InChI is InChI=1S/C16H20N6O/c1-9(11-6-4-3-5-7-11)21-16(23)22-13-8-12(17)14(15(18)19)10(2)20-13/h3-9H,1-2H3,(H3,18,19)(H4,17,20,21,22,23)/t9-/m0/s1. The number of rotatable bonds is 4. The number of nitrogens with two attached hydrogens (primary N) is 2. The van der Waals surface area contributed by atoms with Crippen LogP contribution in [0.3, 0.4) is 0 Å². The fourth-order valence-electron chi connectivity index (χ4n) is 2.29. The molecule has 1 atom stereocenters. The summed E-state index contributed by atoms with van der Waals surface area (Å²) in [6.45, 7) is 3.57. The summed E-state index contributed by atoms with van der Waals surface area (Å²) in [6, 6.07) is 10.6. The van der Waals surface area contributed by atoms with Crippen molar-refractivity contribution >= 4 is 23.4 Å². The molecule has 7 nitrogen and oxygen atoms in total. The molecule has 0 aliphatic rings. The SMILES string of the molecule is Cc1nc(NC(=O)N[C@@H](C)c2ccccc2)cc(N)c1C(=N)N. The molecule has 0 unspecified atom stereocenters. The quantitative estimate of drug-likeness (QED) is 0.437. The number of carbonyl (C=O) groups is 1. The highest BCUT2D eigenvalue weighted by Gasteiger charge is 2.13. The van der Waals surface area contributed by atoms with Crippen molar-refractivity contribution in [3.05, 3.63) is 53.2 Å². The lowest BCUT2D eigenvalue weighted by Crippen LogP contribution is -2.31. The number of nitrogens with one attached hydrogen (secondary N) is 3. The minimum atomic E-state index is -0.386. The number of aryl methyl sites for hydroxylation is 1. The maximum atomic E-state index is 12.1. The van der Waals surface area contributed by atoms with E-state index in [-0.39, 0.29) is 17.9 Å². The number of hydrogen-bond donors (Lipinski definition) is 5. The van der Waals surface area contributed by atoms with Gasteiger partial charge in [-0.15, -0.1) is 0 Å². The number of carbonyl (C=O) groups excluding carboxylic acids is 1. The summed E-state index contributed by atoms with van der Waals surface area (Å²) in [5.41, 5.74) is 13.5. The highest BCUT2D eigenvalue weighted by molar-refractivity contribution is 6.01. The van der Waals surface area contributed by atoms with Gasteiger partial charge in [-0.1, -0.05) is 30.3 Å². The van der Waals surface area contributed by atoms with Crippen molar-refractivity contribution in [1.82, 2.24) is 10.3 Å². The molecule has 0 aliphatic heterocycles. The lowest BCUT2D eigenvalue weighted by Gasteiger charge is -2.16. The molecule has 2 rings (SSSR count). The van der Waals surface area contributed by atoms with Gasteiger partial charge in [0.1, 0.15) is 11.7 Å². The van der Waals surface area contributed by atoms with Gasteiger partial charge in [-0.2, -0.15) is 0 Å². The van der Waals surface area contributed by atoms with E-state index >= 15 is 0 Å². The summed E-state index contributed by atoms with van der Waals surface area (Å²) in [6.07, 6.45) is 0. The van der Waals surface area contributed by atoms with Crippen LogP contribution in [0.25, 0.3) is 0 Å². The molecule has 0 spiro atoms. The zero-order valence-corrected chi connectivity index (χ0v) is 13.1. The summed E-state index contributed by atoms with van der Waals surface area (Å²) in [4.78, 5) is 16.3. The fourth-order valence-corrected chi connectivity index (χ4v) is 2.29. The first-order chi connectivity index (χ1) is 10.9. The van der Waals surface area contributed by atoms with Crippen LogP contribution in [0, 0.1) is 12.3 Å². The maximum Gasteiger partial charge on any atom is 0.320 e. The van der Waals surface area contributed by atoms with Crippen molar-refractivity contribution < 1.29 is 4.79 Å². The van der Waals surface area contributed by atoms with Crippen molar-refractivity contribution in [2.45, 2.75) is 19.9 Å². The number of aromatic nitrogens is 1. The molecule has 2 amide bonds. The molecule has 0 saturated heterocycles. The van der Waals surface area contributed by atoms with Crippen molar-refractivity contribution in [3.63, 3.8) is 0 Å². The number of amides is 2. The molecule has 1 aromatic heterocycles. The van der Waals surface area contributed by atoms with Crippen LogP contribution in [0.1, 0.15) is 29.8 Å². The van der Waals surface area contributed by atoms with Crippen LogP contribution in [0.2, 0.25) is 0 Å². The molecule has 0 radical (unpaired) electrons. The Hall–Kier alpha value is -3.09. The normalized spacial score (nSPS) is 11.6. The highest BCUT2D eigenvalue weighted by Crippen LogP contribution is 2.19. The topological polar surface area (TPSA) is 130 Å². The Morgan fingerprint density at radius 2 is 1.96 bits per heavy atom. The summed E-state index contributed by atoms with van der Waals surface area (Å²) in [5.74, 6) is 0.156. The van der Waals surface area contributed by atoms with Crippen LogP contribution in [-0.2, 0) is 0 Å². The molecule has 0 fully saturated rings. The van der Waals surface area contributed by atoms with E-state index in [0.717, 1.165) is 5.56 Å². The van der Waals surface area contributed by atoms with Crippen LogP contribution in [-0.4, -0.2) is 16.9 Å². The lowest BCUT2D eigenvalue weighted by molar-refractivity contribution is 0.249. The van der Waals surface area contributed by atoms with Crippen LogP contribution >= 0.6 is 0 Å². The highest BCUT2D eigenvalue weighted by atomic mass is 16.2. The van der Waals surface area contributed by atoms with E-state index in [9.17, 15) is 4.79 Å². The second-order valence-corrected chi connectivity index (χ2v) is 5.20. The minimum Gasteiger partial charge on any atom is -0.398 e. The molecule has 23 heavy (non-hydrogen) atoms. The number of nitrogens with zero attached hydrogens (tertiary/aromatic N) is 1. The van der Waals surface area contributed by atoms with Gasteiger partial charge in [0, 0.05) is 11.8 Å². The third kappa shape index (κ3) is 3.97. The van der Waals surface area contributed by atoms with E-state index in [0.29, 0.717) is 22.8 Å². The lowest BCUT2D eigenvalue weighted by atomic mass is 10.1. The Kier molecular flexibility index (Phi) is 4.80. The number of amidine groups is 1. The average Bonchev–Trinajstić information content (AvgIpc) is 2.46. The maximum absolute atomic E-state index is 12.1. The van der Waals surface area contributed by atoms with E-state index in [1.54, 1.807) is 6.92 Å². The second-order valence-electron chi connectivity index (χ2n) is 5.20. The summed E-state index contributed by atoms with van der Waals surface area (Å²) in [7, 11) is 0. The van der Waals surface area contributed by atoms with Gasteiger partial charge in [-0.25, -0.2) is 9.78 Å². The van der Waals surface area contributed by atoms with Crippen molar-refractivity contribution in [3.8, 4) is 0 Å². The summed E-state index contributed by atoms with van der Waals surface area (Å²) >= 11 is 0. The van der Waals surface area contributed by atoms with E-state index in [4.69, 9.17) is 16.9 Å². The largest absolute Gasteiger partial charge is 0.398 e. The number of nitrogen functional groups attached to an aromatic ring is 2. The number of anilines is 2. The van der Waals surface area contributed by atoms with Crippen LogP contribution in [0.4, 0.5) is 16.3 Å². The predicted molar refractivity (Wildman–Crippen MR) is 91.4 cm³/mol. The smallest absolute Gasteiger partial charge is 0.320 e. The molecule has 1 heterocycles. The Bertz CT molecular complexity index is 706. The number of hydrogen-bond acceptors (Lipinski definition) is 4. The first kappa shape index (κ1) is 16.3. The molecule has 7 heteroatoms. The average molecular weight is 312 g/mol. The third-order valence-electron chi connectivity index (χ3n) is 3.39. The molecule has 0 aliphatic carbocycles. The monoisotopic (exact) mass is 312 g/mol. The second kappa shape index (κ2) is 6.78. The first-order valence-electron chi connectivity index (χ1n) is 7.12. The predicted octanol–water partition coefficient (Wildman–Crippen LogP) is 2.14. The molecule has 2 aromatic rings. The van der Waals surface area contributed by atoms with Gasteiger partial charge in [0.2, 0.25) is 0 Å². The molecule has 120 valence electrons. The Balaban J connectivity index is 2.07. The molecule has 0 bridgehead atoms. The molecular formula is C16H20N6O. The van der Waals surface area contributed by atoms with Crippen LogP contribution in [0.5, 0.6) is 0 Å². The van der Waals surface area contributed by atoms with Gasteiger partial charge in [0.25, 0.3) is 0 Å². The Labute approximate surface area is 134 Å². The van der Waals surface area contributed by atoms with Crippen LogP contribution in [0.15, 0.2) is 36.4 Å². The zero-order chi connectivity index (χ0) is 17.0. The number of benzene rings is 1. The van der Waals surface area contributed by atoms with Gasteiger partial charge in [-0.05, 0) is 19.4 Å². The van der Waals surface area contributed by atoms with Crippen molar-refractivity contribution in [2.75, 3.05) is 11.1 Å². The Morgan fingerprint density at radius 3 is 2.52 bits per heavy atom. The molecular weight excluding hydrogens is 292 g/mol.